The molecule has 1 aromatic carbocycles. The Bertz CT molecular complexity index is 1080. The Balaban J connectivity index is 1.57. The van der Waals surface area contributed by atoms with Gasteiger partial charge in [-0.25, -0.2) is 0 Å². The Morgan fingerprint density at radius 3 is 2.57 bits per heavy atom. The first-order valence-corrected chi connectivity index (χ1v) is 10.9. The van der Waals surface area contributed by atoms with E-state index in [2.05, 4.69) is 34.2 Å². The predicted molar refractivity (Wildman–Crippen MR) is 116 cm³/mol. The number of rotatable bonds is 4. The highest BCUT2D eigenvalue weighted by Crippen LogP contribution is 2.40. The van der Waals surface area contributed by atoms with Crippen molar-refractivity contribution in [2.75, 3.05) is 13.1 Å². The lowest BCUT2D eigenvalue weighted by Gasteiger charge is -2.31. The minimum absolute atomic E-state index is 0.0934. The van der Waals surface area contributed by atoms with Gasteiger partial charge in [0.05, 0.1) is 5.69 Å². The van der Waals surface area contributed by atoms with E-state index >= 15 is 0 Å². The van der Waals surface area contributed by atoms with Gasteiger partial charge in [-0.05, 0) is 62.8 Å². The molecule has 6 nitrogen and oxygen atoms in total. The van der Waals surface area contributed by atoms with E-state index in [0.29, 0.717) is 23.2 Å². The van der Waals surface area contributed by atoms with Gasteiger partial charge >= 0.3 is 0 Å². The maximum Gasteiger partial charge on any atom is 0.254 e. The van der Waals surface area contributed by atoms with E-state index < -0.39 is 0 Å². The van der Waals surface area contributed by atoms with Gasteiger partial charge in [-0.2, -0.15) is 0 Å². The third kappa shape index (κ3) is 3.74. The molecule has 5 rings (SSSR count). The van der Waals surface area contributed by atoms with E-state index in [4.69, 9.17) is 4.98 Å². The average molecular weight is 402 g/mol. The number of hydrogen-bond acceptors (Lipinski definition) is 4. The van der Waals surface area contributed by atoms with Crippen LogP contribution in [0.25, 0.3) is 22.6 Å². The SMILES string of the molecule is Cc1nnc(-c2ccc(C(=O)N3CCC(C)CC3)c(-c3cccc(C4CC4)n3)c2)[nH]1. The number of aromatic nitrogens is 4. The van der Waals surface area contributed by atoms with E-state index in [9.17, 15) is 4.79 Å². The number of nitrogens with zero attached hydrogens (tertiary/aromatic N) is 4. The molecule has 1 saturated carbocycles. The predicted octanol–water partition coefficient (Wildman–Crippen LogP) is 4.59. The number of carbonyl (C=O) groups is 1. The fourth-order valence-corrected chi connectivity index (χ4v) is 4.16. The lowest BCUT2D eigenvalue weighted by atomic mass is 9.96. The van der Waals surface area contributed by atoms with Gasteiger partial charge < -0.3 is 9.88 Å². The van der Waals surface area contributed by atoms with E-state index in [-0.39, 0.29) is 5.91 Å². The van der Waals surface area contributed by atoms with Crippen LogP contribution < -0.4 is 0 Å². The summed E-state index contributed by atoms with van der Waals surface area (Å²) in [6.07, 6.45) is 4.52. The molecule has 30 heavy (non-hydrogen) atoms. The van der Waals surface area contributed by atoms with E-state index in [0.717, 1.165) is 54.3 Å². The number of piperidine rings is 1. The number of pyridine rings is 1. The quantitative estimate of drug-likeness (QED) is 0.694. The van der Waals surface area contributed by atoms with Gasteiger partial charge in [0.1, 0.15) is 5.82 Å². The van der Waals surface area contributed by atoms with Gasteiger partial charge in [0.2, 0.25) is 0 Å². The molecule has 0 unspecified atom stereocenters. The molecule has 2 aromatic heterocycles. The molecule has 0 atom stereocenters. The topological polar surface area (TPSA) is 74.8 Å². The first-order valence-electron chi connectivity index (χ1n) is 10.9. The molecule has 1 aliphatic carbocycles. The molecule has 1 aliphatic heterocycles. The second kappa shape index (κ2) is 7.67. The first kappa shape index (κ1) is 19.0. The van der Waals surface area contributed by atoms with Crippen LogP contribution in [0.1, 0.15) is 60.4 Å². The van der Waals surface area contributed by atoms with Crippen LogP contribution in [0.15, 0.2) is 36.4 Å². The summed E-state index contributed by atoms with van der Waals surface area (Å²) >= 11 is 0. The Morgan fingerprint density at radius 2 is 1.87 bits per heavy atom. The molecular formula is C24H27N5O. The second-order valence-electron chi connectivity index (χ2n) is 8.72. The summed E-state index contributed by atoms with van der Waals surface area (Å²) < 4.78 is 0. The van der Waals surface area contributed by atoms with Crippen molar-refractivity contribution in [3.05, 3.63) is 53.5 Å². The number of benzene rings is 1. The lowest BCUT2D eigenvalue weighted by molar-refractivity contribution is 0.0698. The second-order valence-corrected chi connectivity index (χ2v) is 8.72. The van der Waals surface area contributed by atoms with Crippen molar-refractivity contribution in [2.45, 2.75) is 45.4 Å². The third-order valence-electron chi connectivity index (χ3n) is 6.24. The summed E-state index contributed by atoms with van der Waals surface area (Å²) in [6, 6.07) is 12.1. The van der Waals surface area contributed by atoms with Crippen LogP contribution in [0.3, 0.4) is 0 Å². The zero-order valence-electron chi connectivity index (χ0n) is 17.6. The van der Waals surface area contributed by atoms with Crippen LogP contribution in [0.5, 0.6) is 0 Å². The number of amides is 1. The van der Waals surface area contributed by atoms with Gasteiger partial charge in [0, 0.05) is 41.4 Å². The Kier molecular flexibility index (Phi) is 4.85. The average Bonchev–Trinajstić information content (AvgIpc) is 3.54. The number of nitrogens with one attached hydrogen (secondary N) is 1. The molecular weight excluding hydrogens is 374 g/mol. The molecule has 6 heteroatoms. The zero-order chi connectivity index (χ0) is 20.7. The van der Waals surface area contributed by atoms with Crippen molar-refractivity contribution in [1.82, 2.24) is 25.1 Å². The Hall–Kier alpha value is -3.02. The smallest absolute Gasteiger partial charge is 0.254 e. The van der Waals surface area contributed by atoms with Crippen molar-refractivity contribution in [2.24, 2.45) is 5.92 Å². The molecule has 154 valence electrons. The summed E-state index contributed by atoms with van der Waals surface area (Å²) in [4.78, 5) is 23.6. The van der Waals surface area contributed by atoms with Gasteiger partial charge in [-0.15, -0.1) is 10.2 Å². The number of aromatic amines is 1. The molecule has 3 heterocycles. The summed E-state index contributed by atoms with van der Waals surface area (Å²) in [6.45, 7) is 5.78. The highest BCUT2D eigenvalue weighted by molar-refractivity contribution is 6.01. The van der Waals surface area contributed by atoms with E-state index in [1.54, 1.807) is 0 Å². The first-order chi connectivity index (χ1) is 14.6. The molecule has 0 radical (unpaired) electrons. The van der Waals surface area contributed by atoms with Crippen molar-refractivity contribution >= 4 is 5.91 Å². The monoisotopic (exact) mass is 401 g/mol. The number of H-pyrrole nitrogens is 1. The van der Waals surface area contributed by atoms with Crippen molar-refractivity contribution in [3.8, 4) is 22.6 Å². The minimum Gasteiger partial charge on any atom is -0.339 e. The number of carbonyl (C=O) groups excluding carboxylic acids is 1. The third-order valence-corrected chi connectivity index (χ3v) is 6.24. The van der Waals surface area contributed by atoms with Gasteiger partial charge in [-0.1, -0.05) is 19.1 Å². The van der Waals surface area contributed by atoms with Crippen LogP contribution in [0.4, 0.5) is 0 Å². The summed E-state index contributed by atoms with van der Waals surface area (Å²) in [5.41, 5.74) is 4.47. The number of likely N-dealkylation sites (tertiary alicyclic amines) is 1. The maximum absolute atomic E-state index is 13.4. The molecule has 2 aliphatic rings. The molecule has 1 amide bonds. The van der Waals surface area contributed by atoms with Crippen LogP contribution in [0.2, 0.25) is 0 Å². The van der Waals surface area contributed by atoms with Crippen molar-refractivity contribution < 1.29 is 4.79 Å². The minimum atomic E-state index is 0.0934. The molecule has 1 N–H and O–H groups in total. The van der Waals surface area contributed by atoms with Crippen LogP contribution >= 0.6 is 0 Å². The molecule has 1 saturated heterocycles. The van der Waals surface area contributed by atoms with E-state index in [1.807, 2.05) is 36.1 Å². The Labute approximate surface area is 176 Å². The zero-order valence-corrected chi connectivity index (χ0v) is 17.6. The fraction of sp³-hybridized carbons (Fsp3) is 0.417. The summed E-state index contributed by atoms with van der Waals surface area (Å²) in [5, 5.41) is 8.31. The lowest BCUT2D eigenvalue weighted by Crippen LogP contribution is -2.38. The molecule has 0 bridgehead atoms. The van der Waals surface area contributed by atoms with E-state index in [1.165, 1.54) is 12.8 Å². The van der Waals surface area contributed by atoms with Gasteiger partial charge in [-0.3, -0.25) is 9.78 Å². The summed E-state index contributed by atoms with van der Waals surface area (Å²) in [5.74, 6) is 2.81. The van der Waals surface area contributed by atoms with Crippen LogP contribution in [-0.4, -0.2) is 44.1 Å². The highest BCUT2D eigenvalue weighted by atomic mass is 16.2. The highest BCUT2D eigenvalue weighted by Gasteiger charge is 2.27. The largest absolute Gasteiger partial charge is 0.339 e. The molecule has 2 fully saturated rings. The maximum atomic E-state index is 13.4. The van der Waals surface area contributed by atoms with Crippen LogP contribution in [-0.2, 0) is 0 Å². The summed E-state index contributed by atoms with van der Waals surface area (Å²) in [7, 11) is 0. The standard InChI is InChI=1S/C24H27N5O/c1-15-10-12-29(13-11-15)24(30)19-9-8-18(23-25-16(2)27-28-23)14-20(19)22-5-3-4-21(26-22)17-6-7-17/h3-5,8-9,14-15,17H,6-7,10-13H2,1-2H3,(H,25,27,28). The Morgan fingerprint density at radius 1 is 1.07 bits per heavy atom. The number of hydrogen-bond donors (Lipinski definition) is 1. The fourth-order valence-electron chi connectivity index (χ4n) is 4.16. The number of aryl methyl sites for hydroxylation is 1. The molecule has 0 spiro atoms. The van der Waals surface area contributed by atoms with Gasteiger partial charge in [0.25, 0.3) is 5.91 Å². The van der Waals surface area contributed by atoms with Crippen molar-refractivity contribution in [3.63, 3.8) is 0 Å². The van der Waals surface area contributed by atoms with Gasteiger partial charge in [0.15, 0.2) is 5.82 Å². The molecule has 3 aromatic rings. The normalized spacial score (nSPS) is 17.3. The van der Waals surface area contributed by atoms with Crippen molar-refractivity contribution in [1.29, 1.82) is 0 Å². The van der Waals surface area contributed by atoms with Crippen LogP contribution in [0, 0.1) is 12.8 Å².